The Labute approximate surface area is 140 Å². The first-order valence-corrected chi connectivity index (χ1v) is 8.57. The number of benzene rings is 1. The number of halogens is 1. The van der Waals surface area contributed by atoms with Crippen molar-refractivity contribution < 1.29 is 18.7 Å². The lowest BCUT2D eigenvalue weighted by Crippen LogP contribution is -2.45. The molecule has 2 amide bonds. The van der Waals surface area contributed by atoms with Crippen LogP contribution >= 0.6 is 0 Å². The summed E-state index contributed by atoms with van der Waals surface area (Å²) in [7, 11) is 0. The molecule has 6 heteroatoms. The second kappa shape index (κ2) is 6.16. The van der Waals surface area contributed by atoms with Gasteiger partial charge in [0.05, 0.1) is 19.1 Å². The molecule has 24 heavy (non-hydrogen) atoms. The number of morpholine rings is 1. The highest BCUT2D eigenvalue weighted by molar-refractivity contribution is 5.89. The van der Waals surface area contributed by atoms with Crippen LogP contribution in [0.3, 0.4) is 0 Å². The van der Waals surface area contributed by atoms with Gasteiger partial charge < -0.3 is 14.5 Å². The van der Waals surface area contributed by atoms with Crippen LogP contribution in [0.1, 0.15) is 30.9 Å². The van der Waals surface area contributed by atoms with Gasteiger partial charge in [0.15, 0.2) is 0 Å². The third-order valence-electron chi connectivity index (χ3n) is 5.09. The maximum Gasteiger partial charge on any atom is 0.228 e. The number of ether oxygens (including phenoxy) is 1. The summed E-state index contributed by atoms with van der Waals surface area (Å²) in [6.45, 7) is 1.92. The minimum atomic E-state index is -0.310. The average molecular weight is 332 g/mol. The van der Waals surface area contributed by atoms with Gasteiger partial charge in [0, 0.05) is 25.6 Å². The standard InChI is InChI=1S/C18H21FN2O3/c19-14-3-1-2-12(8-14)16-11-20(6-7-24-16)18(23)13-9-17(22)21(10-13)15-4-5-15/h1-3,8,13,15-16H,4-7,9-11H2/t13-,16+/m0/s1. The Bertz CT molecular complexity index is 661. The number of likely N-dealkylation sites (tertiary alicyclic amines) is 1. The molecule has 0 aromatic heterocycles. The lowest BCUT2D eigenvalue weighted by atomic mass is 10.0. The first-order chi connectivity index (χ1) is 11.6. The first-order valence-electron chi connectivity index (χ1n) is 8.57. The zero-order chi connectivity index (χ0) is 16.7. The fraction of sp³-hybridized carbons (Fsp3) is 0.556. The second-order valence-corrected chi connectivity index (χ2v) is 6.88. The van der Waals surface area contributed by atoms with Crippen LogP contribution in [-0.4, -0.2) is 53.9 Å². The molecule has 0 bridgehead atoms. The van der Waals surface area contributed by atoms with Crippen LogP contribution in [0.15, 0.2) is 24.3 Å². The maximum atomic E-state index is 13.4. The molecule has 3 fully saturated rings. The van der Waals surface area contributed by atoms with Gasteiger partial charge in [-0.3, -0.25) is 9.59 Å². The van der Waals surface area contributed by atoms with E-state index in [1.54, 1.807) is 11.0 Å². The number of amides is 2. The van der Waals surface area contributed by atoms with Crippen molar-refractivity contribution in [2.24, 2.45) is 5.92 Å². The van der Waals surface area contributed by atoms with Crippen LogP contribution in [0.4, 0.5) is 4.39 Å². The number of hydrogen-bond acceptors (Lipinski definition) is 3. The molecule has 1 aliphatic carbocycles. The minimum absolute atomic E-state index is 0.0243. The molecule has 3 aliphatic rings. The molecule has 0 unspecified atom stereocenters. The molecular formula is C18H21FN2O3. The van der Waals surface area contributed by atoms with E-state index in [0.29, 0.717) is 38.7 Å². The minimum Gasteiger partial charge on any atom is -0.370 e. The van der Waals surface area contributed by atoms with Crippen LogP contribution in [0.25, 0.3) is 0 Å². The second-order valence-electron chi connectivity index (χ2n) is 6.88. The van der Waals surface area contributed by atoms with Crippen LogP contribution in [-0.2, 0) is 14.3 Å². The molecule has 0 N–H and O–H groups in total. The van der Waals surface area contributed by atoms with E-state index < -0.39 is 0 Å². The van der Waals surface area contributed by atoms with E-state index in [4.69, 9.17) is 4.74 Å². The largest absolute Gasteiger partial charge is 0.370 e. The van der Waals surface area contributed by atoms with Gasteiger partial charge in [0.25, 0.3) is 0 Å². The van der Waals surface area contributed by atoms with Crippen molar-refractivity contribution in [1.82, 2.24) is 9.80 Å². The molecule has 1 saturated carbocycles. The Morgan fingerprint density at radius 2 is 2.08 bits per heavy atom. The number of carbonyl (C=O) groups is 2. The summed E-state index contributed by atoms with van der Waals surface area (Å²) in [5, 5.41) is 0. The van der Waals surface area contributed by atoms with E-state index in [1.807, 2.05) is 11.0 Å². The maximum absolute atomic E-state index is 13.4. The van der Waals surface area contributed by atoms with Crippen LogP contribution in [0.5, 0.6) is 0 Å². The Balaban J connectivity index is 1.42. The molecule has 2 saturated heterocycles. The van der Waals surface area contributed by atoms with E-state index >= 15 is 0 Å². The highest BCUT2D eigenvalue weighted by Gasteiger charge is 2.43. The van der Waals surface area contributed by atoms with E-state index in [0.717, 1.165) is 18.4 Å². The monoisotopic (exact) mass is 332 g/mol. The van der Waals surface area contributed by atoms with Gasteiger partial charge in [-0.05, 0) is 30.5 Å². The van der Waals surface area contributed by atoms with E-state index in [9.17, 15) is 14.0 Å². The molecule has 5 nitrogen and oxygen atoms in total. The average Bonchev–Trinajstić information content (AvgIpc) is 3.36. The number of carbonyl (C=O) groups excluding carboxylic acids is 2. The van der Waals surface area contributed by atoms with Gasteiger partial charge in [-0.15, -0.1) is 0 Å². The summed E-state index contributed by atoms with van der Waals surface area (Å²) in [6.07, 6.45) is 2.13. The predicted molar refractivity (Wildman–Crippen MR) is 84.5 cm³/mol. The normalized spacial score (nSPS) is 27.6. The summed E-state index contributed by atoms with van der Waals surface area (Å²) < 4.78 is 19.1. The van der Waals surface area contributed by atoms with Crippen LogP contribution in [0, 0.1) is 11.7 Å². The quantitative estimate of drug-likeness (QED) is 0.847. The summed E-state index contributed by atoms with van der Waals surface area (Å²) in [6, 6.07) is 6.67. The zero-order valence-electron chi connectivity index (χ0n) is 13.5. The van der Waals surface area contributed by atoms with Crippen LogP contribution in [0.2, 0.25) is 0 Å². The van der Waals surface area contributed by atoms with Crippen molar-refractivity contribution in [1.29, 1.82) is 0 Å². The number of rotatable bonds is 3. The third-order valence-corrected chi connectivity index (χ3v) is 5.09. The van der Waals surface area contributed by atoms with Crippen molar-refractivity contribution in [2.75, 3.05) is 26.2 Å². The third kappa shape index (κ3) is 3.02. The highest BCUT2D eigenvalue weighted by Crippen LogP contribution is 2.33. The summed E-state index contributed by atoms with van der Waals surface area (Å²) in [5.74, 6) is -0.424. The predicted octanol–water partition coefficient (Wildman–Crippen LogP) is 1.74. The van der Waals surface area contributed by atoms with Gasteiger partial charge >= 0.3 is 0 Å². The van der Waals surface area contributed by atoms with E-state index in [2.05, 4.69) is 0 Å². The molecular weight excluding hydrogens is 311 g/mol. The molecule has 2 aliphatic heterocycles. The van der Waals surface area contributed by atoms with Gasteiger partial charge in [-0.25, -0.2) is 4.39 Å². The van der Waals surface area contributed by atoms with E-state index in [-0.39, 0.29) is 29.7 Å². The lowest BCUT2D eigenvalue weighted by molar-refractivity contribution is -0.143. The van der Waals surface area contributed by atoms with Crippen molar-refractivity contribution in [3.8, 4) is 0 Å². The lowest BCUT2D eigenvalue weighted by Gasteiger charge is -2.34. The van der Waals surface area contributed by atoms with E-state index in [1.165, 1.54) is 12.1 Å². The van der Waals surface area contributed by atoms with Crippen LogP contribution < -0.4 is 0 Å². The summed E-state index contributed by atoms with van der Waals surface area (Å²) in [4.78, 5) is 28.5. The zero-order valence-corrected chi connectivity index (χ0v) is 13.5. The van der Waals surface area contributed by atoms with Crippen molar-refractivity contribution in [3.63, 3.8) is 0 Å². The Hall–Kier alpha value is -1.95. The Morgan fingerprint density at radius 1 is 1.25 bits per heavy atom. The Kier molecular flexibility index (Phi) is 4.00. The highest BCUT2D eigenvalue weighted by atomic mass is 19.1. The van der Waals surface area contributed by atoms with Gasteiger partial charge in [0.2, 0.25) is 11.8 Å². The SMILES string of the molecule is O=C([C@H]1CC(=O)N(C2CC2)C1)N1CCO[C@@H](c2cccc(F)c2)C1. The molecule has 2 atom stereocenters. The van der Waals surface area contributed by atoms with Crippen molar-refractivity contribution >= 4 is 11.8 Å². The first kappa shape index (κ1) is 15.6. The smallest absolute Gasteiger partial charge is 0.228 e. The fourth-order valence-electron chi connectivity index (χ4n) is 3.65. The molecule has 0 radical (unpaired) electrons. The topological polar surface area (TPSA) is 49.9 Å². The van der Waals surface area contributed by atoms with Crippen molar-refractivity contribution in [2.45, 2.75) is 31.4 Å². The van der Waals surface area contributed by atoms with Crippen molar-refractivity contribution in [3.05, 3.63) is 35.6 Å². The summed E-state index contributed by atoms with van der Waals surface area (Å²) >= 11 is 0. The molecule has 128 valence electrons. The van der Waals surface area contributed by atoms with Gasteiger partial charge in [0.1, 0.15) is 11.9 Å². The number of hydrogen-bond donors (Lipinski definition) is 0. The molecule has 4 rings (SSSR count). The molecule has 1 aromatic carbocycles. The summed E-state index contributed by atoms with van der Waals surface area (Å²) in [5.41, 5.74) is 0.745. The Morgan fingerprint density at radius 3 is 2.83 bits per heavy atom. The fourth-order valence-corrected chi connectivity index (χ4v) is 3.65. The number of nitrogens with zero attached hydrogens (tertiary/aromatic N) is 2. The molecule has 1 aromatic rings. The molecule has 0 spiro atoms. The molecule has 2 heterocycles. The van der Waals surface area contributed by atoms with Gasteiger partial charge in [-0.1, -0.05) is 12.1 Å². The van der Waals surface area contributed by atoms with Gasteiger partial charge in [-0.2, -0.15) is 0 Å².